The monoisotopic (exact) mass is 136 g/mol. The average molecular weight is 136 g/mol. The molecule has 1 nitrogen and oxygen atoms in total. The third kappa shape index (κ3) is 1.58. The maximum Gasteiger partial charge on any atom is 0.0789 e. The van der Waals surface area contributed by atoms with E-state index >= 15 is 0 Å². The molecule has 0 amide bonds. The van der Waals surface area contributed by atoms with Crippen LogP contribution in [0.25, 0.3) is 0 Å². The molecular weight excluding hydrogens is 124 g/mol. The van der Waals surface area contributed by atoms with Crippen LogP contribution >= 0.6 is 0 Å². The van der Waals surface area contributed by atoms with Gasteiger partial charge in [-0.25, -0.2) is 0 Å². The van der Waals surface area contributed by atoms with Gasteiger partial charge in [0.1, 0.15) is 0 Å². The second-order valence-electron chi connectivity index (χ2n) is 2.28. The van der Waals surface area contributed by atoms with Crippen molar-refractivity contribution in [2.24, 2.45) is 0 Å². The van der Waals surface area contributed by atoms with E-state index in [1.807, 2.05) is 12.2 Å². The van der Waals surface area contributed by atoms with Crippen LogP contribution in [0.15, 0.2) is 36.5 Å². The molecule has 54 valence electrons. The Hall–Kier alpha value is -0.820. The second kappa shape index (κ2) is 3.37. The molecule has 0 fully saturated rings. The molecule has 1 aliphatic rings. The van der Waals surface area contributed by atoms with E-state index in [2.05, 4.69) is 18.7 Å². The Morgan fingerprint density at radius 2 is 2.60 bits per heavy atom. The van der Waals surface area contributed by atoms with Crippen LogP contribution in [-0.4, -0.2) is 13.2 Å². The Labute approximate surface area is 61.7 Å². The van der Waals surface area contributed by atoms with Gasteiger partial charge in [-0.2, -0.15) is 0 Å². The smallest absolute Gasteiger partial charge is 0.0789 e. The Morgan fingerprint density at radius 1 is 1.80 bits per heavy atom. The zero-order valence-electron chi connectivity index (χ0n) is 6.21. The van der Waals surface area contributed by atoms with Crippen molar-refractivity contribution in [3.8, 4) is 0 Å². The molecule has 0 spiro atoms. The standard InChI is InChI=1S/C9H12O/c1-3-8-4-6-9(10-2)7-5-8/h3-6,9H,1,7H2,2H3. The highest BCUT2D eigenvalue weighted by atomic mass is 16.5. The number of rotatable bonds is 2. The van der Waals surface area contributed by atoms with E-state index in [1.54, 1.807) is 7.11 Å². The average Bonchev–Trinajstić information content (AvgIpc) is 2.05. The van der Waals surface area contributed by atoms with Crippen LogP contribution < -0.4 is 0 Å². The van der Waals surface area contributed by atoms with Gasteiger partial charge in [0.2, 0.25) is 0 Å². The van der Waals surface area contributed by atoms with Crippen molar-refractivity contribution < 1.29 is 4.74 Å². The number of ether oxygens (including phenoxy) is 1. The minimum absolute atomic E-state index is 0.267. The molecular formula is C9H12O. The predicted octanol–water partition coefficient (Wildman–Crippen LogP) is 2.07. The van der Waals surface area contributed by atoms with Gasteiger partial charge in [-0.1, -0.05) is 30.9 Å². The first-order valence-corrected chi connectivity index (χ1v) is 3.40. The van der Waals surface area contributed by atoms with Crippen molar-refractivity contribution in [1.82, 2.24) is 0 Å². The molecule has 1 atom stereocenters. The SMILES string of the molecule is C=CC1=CCC(OC)C=C1. The van der Waals surface area contributed by atoms with Crippen molar-refractivity contribution in [2.75, 3.05) is 7.11 Å². The van der Waals surface area contributed by atoms with Gasteiger partial charge in [0.05, 0.1) is 6.10 Å². The van der Waals surface area contributed by atoms with Gasteiger partial charge in [-0.05, 0) is 12.0 Å². The summed E-state index contributed by atoms with van der Waals surface area (Å²) in [6, 6.07) is 0. The topological polar surface area (TPSA) is 9.23 Å². The van der Waals surface area contributed by atoms with Gasteiger partial charge in [0.25, 0.3) is 0 Å². The predicted molar refractivity (Wildman–Crippen MR) is 42.8 cm³/mol. The zero-order valence-corrected chi connectivity index (χ0v) is 6.21. The number of allylic oxidation sites excluding steroid dienone is 3. The summed E-state index contributed by atoms with van der Waals surface area (Å²) in [4.78, 5) is 0. The van der Waals surface area contributed by atoms with E-state index in [0.29, 0.717) is 0 Å². The van der Waals surface area contributed by atoms with Gasteiger partial charge in [0, 0.05) is 7.11 Å². The third-order valence-electron chi connectivity index (χ3n) is 1.63. The molecule has 0 heterocycles. The first-order chi connectivity index (χ1) is 4.86. The summed E-state index contributed by atoms with van der Waals surface area (Å²) in [5, 5.41) is 0. The lowest BCUT2D eigenvalue weighted by Crippen LogP contribution is -2.07. The Bertz CT molecular complexity index is 177. The van der Waals surface area contributed by atoms with Gasteiger partial charge >= 0.3 is 0 Å². The molecule has 0 radical (unpaired) electrons. The van der Waals surface area contributed by atoms with Crippen LogP contribution in [0.5, 0.6) is 0 Å². The van der Waals surface area contributed by atoms with Gasteiger partial charge in [-0.3, -0.25) is 0 Å². The van der Waals surface area contributed by atoms with Crippen molar-refractivity contribution in [3.63, 3.8) is 0 Å². The Morgan fingerprint density at radius 3 is 3.00 bits per heavy atom. The molecule has 0 aliphatic heterocycles. The summed E-state index contributed by atoms with van der Waals surface area (Å²) in [6.45, 7) is 3.67. The summed E-state index contributed by atoms with van der Waals surface area (Å²) >= 11 is 0. The zero-order chi connectivity index (χ0) is 7.40. The molecule has 0 aromatic carbocycles. The quantitative estimate of drug-likeness (QED) is 0.564. The van der Waals surface area contributed by atoms with Crippen LogP contribution in [0.4, 0.5) is 0 Å². The Balaban J connectivity index is 2.54. The van der Waals surface area contributed by atoms with Crippen LogP contribution in [0, 0.1) is 0 Å². The van der Waals surface area contributed by atoms with Crippen LogP contribution in [-0.2, 0) is 4.74 Å². The number of methoxy groups -OCH3 is 1. The molecule has 1 aliphatic carbocycles. The fourth-order valence-corrected chi connectivity index (χ4v) is 0.943. The minimum atomic E-state index is 0.267. The Kier molecular flexibility index (Phi) is 2.46. The lowest BCUT2D eigenvalue weighted by Gasteiger charge is -2.11. The molecule has 0 aromatic heterocycles. The first-order valence-electron chi connectivity index (χ1n) is 3.40. The van der Waals surface area contributed by atoms with Crippen LogP contribution in [0.2, 0.25) is 0 Å². The maximum absolute atomic E-state index is 5.12. The van der Waals surface area contributed by atoms with E-state index in [-0.39, 0.29) is 6.10 Å². The van der Waals surface area contributed by atoms with Crippen molar-refractivity contribution >= 4 is 0 Å². The molecule has 10 heavy (non-hydrogen) atoms. The highest BCUT2D eigenvalue weighted by Crippen LogP contribution is 2.12. The fourth-order valence-electron chi connectivity index (χ4n) is 0.943. The van der Waals surface area contributed by atoms with Gasteiger partial charge in [-0.15, -0.1) is 0 Å². The summed E-state index contributed by atoms with van der Waals surface area (Å²) < 4.78 is 5.12. The van der Waals surface area contributed by atoms with Gasteiger partial charge < -0.3 is 4.74 Å². The first kappa shape index (κ1) is 7.29. The molecule has 0 N–H and O–H groups in total. The van der Waals surface area contributed by atoms with E-state index < -0.39 is 0 Å². The third-order valence-corrected chi connectivity index (χ3v) is 1.63. The maximum atomic E-state index is 5.12. The van der Waals surface area contributed by atoms with Crippen molar-refractivity contribution in [2.45, 2.75) is 12.5 Å². The van der Waals surface area contributed by atoms with Crippen LogP contribution in [0.3, 0.4) is 0 Å². The summed E-state index contributed by atoms with van der Waals surface area (Å²) in [6.07, 6.45) is 9.29. The summed E-state index contributed by atoms with van der Waals surface area (Å²) in [7, 11) is 1.72. The van der Waals surface area contributed by atoms with Crippen molar-refractivity contribution in [3.05, 3.63) is 36.5 Å². The largest absolute Gasteiger partial charge is 0.377 e. The normalized spacial score (nSPS) is 24.1. The minimum Gasteiger partial charge on any atom is -0.377 e. The lowest BCUT2D eigenvalue weighted by molar-refractivity contribution is 0.142. The fraction of sp³-hybridized carbons (Fsp3) is 0.333. The second-order valence-corrected chi connectivity index (χ2v) is 2.28. The van der Waals surface area contributed by atoms with E-state index in [0.717, 1.165) is 6.42 Å². The molecule has 0 saturated heterocycles. The van der Waals surface area contributed by atoms with Gasteiger partial charge in [0.15, 0.2) is 0 Å². The molecule has 0 saturated carbocycles. The molecule has 1 unspecified atom stereocenters. The highest BCUT2D eigenvalue weighted by Gasteiger charge is 2.03. The number of hydrogen-bond donors (Lipinski definition) is 0. The molecule has 0 aromatic rings. The summed E-state index contributed by atoms with van der Waals surface area (Å²) in [5.74, 6) is 0. The highest BCUT2D eigenvalue weighted by molar-refractivity contribution is 5.32. The molecule has 1 rings (SSSR count). The van der Waals surface area contributed by atoms with E-state index in [9.17, 15) is 0 Å². The van der Waals surface area contributed by atoms with Crippen molar-refractivity contribution in [1.29, 1.82) is 0 Å². The molecule has 0 bridgehead atoms. The van der Waals surface area contributed by atoms with E-state index in [1.165, 1.54) is 5.57 Å². The van der Waals surface area contributed by atoms with E-state index in [4.69, 9.17) is 4.74 Å². The number of hydrogen-bond acceptors (Lipinski definition) is 1. The van der Waals surface area contributed by atoms with Crippen LogP contribution in [0.1, 0.15) is 6.42 Å². The lowest BCUT2D eigenvalue weighted by atomic mass is 10.1. The molecule has 1 heteroatoms. The summed E-state index contributed by atoms with van der Waals surface area (Å²) in [5.41, 5.74) is 1.19.